The van der Waals surface area contributed by atoms with Crippen molar-refractivity contribution in [3.8, 4) is 0 Å². The Morgan fingerprint density at radius 2 is 2.05 bits per heavy atom. The monoisotopic (exact) mass is 280 g/mol. The van der Waals surface area contributed by atoms with Gasteiger partial charge >= 0.3 is 6.09 Å². The van der Waals surface area contributed by atoms with E-state index in [2.05, 4.69) is 27.5 Å². The number of amides is 1. The van der Waals surface area contributed by atoms with E-state index in [-0.39, 0.29) is 6.09 Å². The largest absolute Gasteiger partial charge is 0.444 e. The van der Waals surface area contributed by atoms with Crippen LogP contribution >= 0.6 is 0 Å². The molecule has 2 N–H and O–H groups in total. The second kappa shape index (κ2) is 7.67. The Kier molecular flexibility index (Phi) is 6.21. The summed E-state index contributed by atoms with van der Waals surface area (Å²) in [6, 6.07) is 1.93. The lowest BCUT2D eigenvalue weighted by Gasteiger charge is -2.19. The van der Waals surface area contributed by atoms with Gasteiger partial charge in [-0.25, -0.2) is 14.8 Å². The van der Waals surface area contributed by atoms with Gasteiger partial charge in [-0.05, 0) is 33.6 Å². The van der Waals surface area contributed by atoms with Crippen molar-refractivity contribution in [3.05, 3.63) is 18.1 Å². The van der Waals surface area contributed by atoms with Gasteiger partial charge < -0.3 is 15.4 Å². The lowest BCUT2D eigenvalue weighted by molar-refractivity contribution is 0.0528. The van der Waals surface area contributed by atoms with Crippen molar-refractivity contribution in [2.45, 2.75) is 46.1 Å². The highest BCUT2D eigenvalue weighted by Gasteiger charge is 2.15. The molecule has 1 amide bonds. The predicted molar refractivity (Wildman–Crippen MR) is 78.8 cm³/mol. The van der Waals surface area contributed by atoms with Crippen LogP contribution in [0, 0.1) is 0 Å². The molecule has 1 rings (SSSR count). The quantitative estimate of drug-likeness (QED) is 0.782. The number of carbonyl (C=O) groups is 1. The predicted octanol–water partition coefficient (Wildman–Crippen LogP) is 2.37. The van der Waals surface area contributed by atoms with Crippen LogP contribution in [0.25, 0.3) is 0 Å². The maximum Gasteiger partial charge on any atom is 0.407 e. The van der Waals surface area contributed by atoms with Crippen molar-refractivity contribution in [3.63, 3.8) is 0 Å². The molecule has 0 aliphatic rings. The smallest absolute Gasteiger partial charge is 0.407 e. The van der Waals surface area contributed by atoms with Crippen LogP contribution in [-0.4, -0.2) is 34.8 Å². The fraction of sp³-hybridized carbons (Fsp3) is 0.643. The Bertz CT molecular complexity index is 429. The number of anilines is 1. The number of carbonyl (C=O) groups excluding carboxylic acids is 1. The molecule has 0 unspecified atom stereocenters. The second-order valence-electron chi connectivity index (χ2n) is 5.46. The molecule has 0 fully saturated rings. The number of rotatable bonds is 6. The summed E-state index contributed by atoms with van der Waals surface area (Å²) in [7, 11) is 0. The number of nitrogens with one attached hydrogen (secondary N) is 2. The van der Waals surface area contributed by atoms with Crippen LogP contribution in [0.1, 0.15) is 39.8 Å². The van der Waals surface area contributed by atoms with Gasteiger partial charge in [0.1, 0.15) is 17.7 Å². The topological polar surface area (TPSA) is 76.1 Å². The minimum atomic E-state index is -0.458. The fourth-order valence-corrected chi connectivity index (χ4v) is 1.50. The number of aryl methyl sites for hydroxylation is 1. The first kappa shape index (κ1) is 16.2. The van der Waals surface area contributed by atoms with E-state index in [0.29, 0.717) is 6.54 Å². The summed E-state index contributed by atoms with van der Waals surface area (Å²) < 4.78 is 5.14. The van der Waals surface area contributed by atoms with Gasteiger partial charge in [0.15, 0.2) is 0 Å². The summed E-state index contributed by atoms with van der Waals surface area (Å²) in [5, 5.41) is 5.91. The van der Waals surface area contributed by atoms with Gasteiger partial charge in [-0.2, -0.15) is 0 Å². The highest BCUT2D eigenvalue weighted by Crippen LogP contribution is 2.06. The van der Waals surface area contributed by atoms with Crippen molar-refractivity contribution in [2.75, 3.05) is 18.4 Å². The number of hydrogen-bond donors (Lipinski definition) is 2. The van der Waals surface area contributed by atoms with Crippen molar-refractivity contribution in [1.82, 2.24) is 15.3 Å². The standard InChI is InChI=1S/C14H24N4O2/c1-5-11-9-12(18-10-17-11)15-7-6-8-16-13(19)20-14(2,3)4/h9-10H,5-8H2,1-4H3,(H,16,19)(H,15,17,18). The molecule has 6 nitrogen and oxygen atoms in total. The molecule has 0 bridgehead atoms. The molecule has 6 heteroatoms. The Morgan fingerprint density at radius 3 is 2.70 bits per heavy atom. The minimum absolute atomic E-state index is 0.382. The van der Waals surface area contributed by atoms with Gasteiger partial charge in [-0.15, -0.1) is 0 Å². The Balaban J connectivity index is 2.17. The van der Waals surface area contributed by atoms with Gasteiger partial charge in [0.25, 0.3) is 0 Å². The summed E-state index contributed by atoms with van der Waals surface area (Å²) in [4.78, 5) is 19.7. The zero-order valence-corrected chi connectivity index (χ0v) is 12.7. The molecule has 0 atom stereocenters. The Labute approximate surface area is 120 Å². The third-order valence-corrected chi connectivity index (χ3v) is 2.41. The molecule has 112 valence electrons. The van der Waals surface area contributed by atoms with Crippen LogP contribution in [-0.2, 0) is 11.2 Å². The van der Waals surface area contributed by atoms with E-state index in [4.69, 9.17) is 4.74 Å². The zero-order chi connectivity index (χ0) is 15.0. The highest BCUT2D eigenvalue weighted by atomic mass is 16.6. The normalized spacial score (nSPS) is 11.0. The molecule has 1 heterocycles. The number of nitrogens with zero attached hydrogens (tertiary/aromatic N) is 2. The lowest BCUT2D eigenvalue weighted by atomic mass is 10.2. The summed E-state index contributed by atoms with van der Waals surface area (Å²) in [5.74, 6) is 0.814. The van der Waals surface area contributed by atoms with Crippen LogP contribution in [0.2, 0.25) is 0 Å². The Morgan fingerprint density at radius 1 is 1.30 bits per heavy atom. The van der Waals surface area contributed by atoms with Gasteiger partial charge in [-0.3, -0.25) is 0 Å². The molecule has 0 saturated carbocycles. The second-order valence-corrected chi connectivity index (χ2v) is 5.46. The Hall–Kier alpha value is -1.85. The average molecular weight is 280 g/mol. The molecule has 0 saturated heterocycles. The molecular formula is C14H24N4O2. The van der Waals surface area contributed by atoms with Crippen molar-refractivity contribution >= 4 is 11.9 Å². The molecular weight excluding hydrogens is 256 g/mol. The van der Waals surface area contributed by atoms with Crippen LogP contribution in [0.5, 0.6) is 0 Å². The molecule has 0 aliphatic carbocycles. The maximum atomic E-state index is 11.4. The van der Waals surface area contributed by atoms with Crippen molar-refractivity contribution < 1.29 is 9.53 Å². The number of aromatic nitrogens is 2. The minimum Gasteiger partial charge on any atom is -0.444 e. The van der Waals surface area contributed by atoms with E-state index >= 15 is 0 Å². The van der Waals surface area contributed by atoms with Crippen molar-refractivity contribution in [2.24, 2.45) is 0 Å². The van der Waals surface area contributed by atoms with E-state index in [1.807, 2.05) is 26.8 Å². The first-order chi connectivity index (χ1) is 9.40. The summed E-state index contributed by atoms with van der Waals surface area (Å²) in [5.41, 5.74) is 0.550. The first-order valence-electron chi connectivity index (χ1n) is 6.92. The third-order valence-electron chi connectivity index (χ3n) is 2.41. The van der Waals surface area contributed by atoms with Crippen LogP contribution in [0.4, 0.5) is 10.6 Å². The van der Waals surface area contributed by atoms with Gasteiger partial charge in [0, 0.05) is 24.8 Å². The lowest BCUT2D eigenvalue weighted by Crippen LogP contribution is -2.33. The highest BCUT2D eigenvalue weighted by molar-refractivity contribution is 5.67. The van der Waals surface area contributed by atoms with E-state index in [1.54, 1.807) is 6.33 Å². The molecule has 0 aliphatic heterocycles. The molecule has 0 spiro atoms. The van der Waals surface area contributed by atoms with Crippen LogP contribution in [0.15, 0.2) is 12.4 Å². The third kappa shape index (κ3) is 6.92. The molecule has 0 radical (unpaired) electrons. The summed E-state index contributed by atoms with van der Waals surface area (Å²) in [6.07, 6.45) is 2.86. The molecule has 1 aromatic rings. The van der Waals surface area contributed by atoms with Crippen molar-refractivity contribution in [1.29, 1.82) is 0 Å². The maximum absolute atomic E-state index is 11.4. The number of hydrogen-bond acceptors (Lipinski definition) is 5. The number of alkyl carbamates (subject to hydrolysis) is 1. The van der Waals surface area contributed by atoms with Gasteiger partial charge in [-0.1, -0.05) is 6.92 Å². The van der Waals surface area contributed by atoms with Gasteiger partial charge in [0.2, 0.25) is 0 Å². The van der Waals surface area contributed by atoms with E-state index < -0.39 is 5.60 Å². The van der Waals surface area contributed by atoms with Crippen LogP contribution in [0.3, 0.4) is 0 Å². The van der Waals surface area contributed by atoms with E-state index in [0.717, 1.165) is 30.9 Å². The molecule has 0 aromatic carbocycles. The fourth-order valence-electron chi connectivity index (χ4n) is 1.50. The number of ether oxygens (including phenoxy) is 1. The van der Waals surface area contributed by atoms with Crippen LogP contribution < -0.4 is 10.6 Å². The van der Waals surface area contributed by atoms with Gasteiger partial charge in [0.05, 0.1) is 0 Å². The van der Waals surface area contributed by atoms with E-state index in [9.17, 15) is 4.79 Å². The average Bonchev–Trinajstić information content (AvgIpc) is 2.36. The summed E-state index contributed by atoms with van der Waals surface area (Å²) >= 11 is 0. The summed E-state index contributed by atoms with van der Waals surface area (Å²) in [6.45, 7) is 8.87. The first-order valence-corrected chi connectivity index (χ1v) is 6.92. The molecule has 1 aromatic heterocycles. The zero-order valence-electron chi connectivity index (χ0n) is 12.7. The van der Waals surface area contributed by atoms with E-state index in [1.165, 1.54) is 0 Å². The SMILES string of the molecule is CCc1cc(NCCCNC(=O)OC(C)(C)C)ncn1. The molecule has 20 heavy (non-hydrogen) atoms.